The van der Waals surface area contributed by atoms with Gasteiger partial charge in [-0.2, -0.15) is 4.39 Å². The van der Waals surface area contributed by atoms with E-state index in [4.69, 9.17) is 14.2 Å². The van der Waals surface area contributed by atoms with Crippen LogP contribution in [0.15, 0.2) is 16.6 Å². The van der Waals surface area contributed by atoms with Crippen LogP contribution in [-0.2, 0) is 9.47 Å². The predicted molar refractivity (Wildman–Crippen MR) is 62.2 cm³/mol. The zero-order chi connectivity index (χ0) is 12.7. The van der Waals surface area contributed by atoms with Crippen molar-refractivity contribution in [3.05, 3.63) is 28.2 Å². The molecule has 0 aliphatic heterocycles. The summed E-state index contributed by atoms with van der Waals surface area (Å²) in [6.45, 7) is 1.36. The van der Waals surface area contributed by atoms with Crippen molar-refractivity contribution >= 4 is 15.9 Å². The third-order valence-electron chi connectivity index (χ3n) is 1.88. The van der Waals surface area contributed by atoms with Gasteiger partial charge >= 0.3 is 0 Å². The van der Waals surface area contributed by atoms with E-state index in [0.717, 1.165) is 6.07 Å². The first-order valence-electron chi connectivity index (χ1n) is 4.99. The lowest BCUT2D eigenvalue weighted by atomic mass is 10.3. The normalized spacial score (nSPS) is 10.6. The van der Waals surface area contributed by atoms with E-state index >= 15 is 0 Å². The molecule has 0 radical (unpaired) electrons. The maximum Gasteiger partial charge on any atom is 0.200 e. The van der Waals surface area contributed by atoms with Gasteiger partial charge in [0.2, 0.25) is 5.82 Å². The summed E-state index contributed by atoms with van der Waals surface area (Å²) in [6, 6.07) is 2.41. The molecule has 1 aromatic carbocycles. The molecule has 0 amide bonds. The van der Waals surface area contributed by atoms with Crippen LogP contribution in [0, 0.1) is 11.6 Å². The van der Waals surface area contributed by atoms with Crippen molar-refractivity contribution in [2.45, 2.75) is 0 Å². The molecule has 0 unspecified atom stereocenters. The summed E-state index contributed by atoms with van der Waals surface area (Å²) in [5.74, 6) is -2.08. The highest BCUT2D eigenvalue weighted by atomic mass is 79.9. The highest BCUT2D eigenvalue weighted by molar-refractivity contribution is 9.10. The molecule has 0 aliphatic rings. The first-order chi connectivity index (χ1) is 8.15. The number of methoxy groups -OCH3 is 1. The van der Waals surface area contributed by atoms with Gasteiger partial charge in [-0.3, -0.25) is 0 Å². The Labute approximate surface area is 107 Å². The Morgan fingerprint density at radius 3 is 2.53 bits per heavy atom. The fourth-order valence-corrected chi connectivity index (χ4v) is 1.50. The number of ether oxygens (including phenoxy) is 3. The molecule has 0 spiro atoms. The van der Waals surface area contributed by atoms with E-state index in [2.05, 4.69) is 15.9 Å². The van der Waals surface area contributed by atoms with Gasteiger partial charge in [0.25, 0.3) is 0 Å². The molecule has 1 aromatic rings. The van der Waals surface area contributed by atoms with Crippen LogP contribution in [0.5, 0.6) is 5.75 Å². The fraction of sp³-hybridized carbons (Fsp3) is 0.455. The molecule has 0 bridgehead atoms. The van der Waals surface area contributed by atoms with E-state index in [9.17, 15) is 8.78 Å². The third kappa shape index (κ3) is 4.97. The molecular weight excluding hydrogens is 298 g/mol. The predicted octanol–water partition coefficient (Wildman–Crippen LogP) is 2.77. The Hall–Kier alpha value is -0.720. The third-order valence-corrected chi connectivity index (χ3v) is 2.33. The van der Waals surface area contributed by atoms with Crippen molar-refractivity contribution in [2.24, 2.45) is 0 Å². The Balaban J connectivity index is 2.36. The van der Waals surface area contributed by atoms with Crippen LogP contribution in [0.2, 0.25) is 0 Å². The first-order valence-corrected chi connectivity index (χ1v) is 5.78. The van der Waals surface area contributed by atoms with Crippen LogP contribution < -0.4 is 4.74 Å². The Morgan fingerprint density at radius 1 is 1.12 bits per heavy atom. The smallest absolute Gasteiger partial charge is 0.200 e. The number of rotatable bonds is 7. The molecule has 6 heteroatoms. The number of hydrogen-bond donors (Lipinski definition) is 0. The van der Waals surface area contributed by atoms with Gasteiger partial charge in [-0.25, -0.2) is 4.39 Å². The minimum atomic E-state index is -0.995. The molecule has 3 nitrogen and oxygen atoms in total. The van der Waals surface area contributed by atoms with Crippen LogP contribution >= 0.6 is 15.9 Å². The summed E-state index contributed by atoms with van der Waals surface area (Å²) in [5, 5.41) is 0. The highest BCUT2D eigenvalue weighted by Gasteiger charge is 2.10. The Morgan fingerprint density at radius 2 is 1.82 bits per heavy atom. The summed E-state index contributed by atoms with van der Waals surface area (Å²) >= 11 is 3.06. The van der Waals surface area contributed by atoms with Crippen LogP contribution in [0.3, 0.4) is 0 Å². The lowest BCUT2D eigenvalue weighted by Gasteiger charge is -2.08. The lowest BCUT2D eigenvalue weighted by Crippen LogP contribution is -2.10. The van der Waals surface area contributed by atoms with Crippen LogP contribution in [0.25, 0.3) is 0 Å². The maximum absolute atomic E-state index is 13.2. The molecule has 17 heavy (non-hydrogen) atoms. The van der Waals surface area contributed by atoms with E-state index in [-0.39, 0.29) is 19.0 Å². The zero-order valence-electron chi connectivity index (χ0n) is 9.34. The molecule has 0 fully saturated rings. The molecule has 0 heterocycles. The fourth-order valence-electron chi connectivity index (χ4n) is 1.09. The van der Waals surface area contributed by atoms with Crippen molar-refractivity contribution < 1.29 is 23.0 Å². The van der Waals surface area contributed by atoms with Crippen molar-refractivity contribution in [3.63, 3.8) is 0 Å². The molecule has 0 N–H and O–H groups in total. The average Bonchev–Trinajstić information content (AvgIpc) is 2.29. The molecular formula is C11H13BrF2O3. The quantitative estimate of drug-likeness (QED) is 0.572. The summed E-state index contributed by atoms with van der Waals surface area (Å²) in [7, 11) is 1.57. The Kier molecular flexibility index (Phi) is 6.39. The first kappa shape index (κ1) is 14.3. The van der Waals surface area contributed by atoms with E-state index in [1.165, 1.54) is 6.07 Å². The standard InChI is InChI=1S/C11H13BrF2O3/c1-15-2-3-16-4-5-17-10-7-8(12)6-9(13)11(10)14/h6-7H,2-5H2,1H3. The summed E-state index contributed by atoms with van der Waals surface area (Å²) in [4.78, 5) is 0. The van der Waals surface area contributed by atoms with E-state index in [0.29, 0.717) is 17.7 Å². The molecule has 0 saturated carbocycles. The second kappa shape index (κ2) is 7.58. The number of benzene rings is 1. The van der Waals surface area contributed by atoms with E-state index < -0.39 is 11.6 Å². The van der Waals surface area contributed by atoms with Gasteiger partial charge in [-0.1, -0.05) is 15.9 Å². The molecule has 0 saturated heterocycles. The summed E-state index contributed by atoms with van der Waals surface area (Å²) in [5.41, 5.74) is 0. The zero-order valence-corrected chi connectivity index (χ0v) is 10.9. The van der Waals surface area contributed by atoms with Crippen molar-refractivity contribution in [1.29, 1.82) is 0 Å². The number of halogens is 3. The second-order valence-electron chi connectivity index (χ2n) is 3.15. The van der Waals surface area contributed by atoms with Crippen molar-refractivity contribution in [2.75, 3.05) is 33.5 Å². The van der Waals surface area contributed by atoms with Crippen LogP contribution in [0.1, 0.15) is 0 Å². The summed E-state index contributed by atoms with van der Waals surface area (Å²) < 4.78 is 41.6. The van der Waals surface area contributed by atoms with Gasteiger partial charge in [0.15, 0.2) is 11.6 Å². The van der Waals surface area contributed by atoms with Gasteiger partial charge in [0, 0.05) is 11.6 Å². The minimum absolute atomic E-state index is 0.132. The lowest BCUT2D eigenvalue weighted by molar-refractivity contribution is 0.0536. The number of hydrogen-bond acceptors (Lipinski definition) is 3. The SMILES string of the molecule is COCCOCCOc1cc(Br)cc(F)c1F. The monoisotopic (exact) mass is 310 g/mol. The van der Waals surface area contributed by atoms with Gasteiger partial charge in [-0.15, -0.1) is 0 Å². The molecule has 0 aromatic heterocycles. The van der Waals surface area contributed by atoms with Gasteiger partial charge in [0.05, 0.1) is 19.8 Å². The topological polar surface area (TPSA) is 27.7 Å². The largest absolute Gasteiger partial charge is 0.488 e. The minimum Gasteiger partial charge on any atom is -0.488 e. The highest BCUT2D eigenvalue weighted by Crippen LogP contribution is 2.25. The molecule has 0 aliphatic carbocycles. The van der Waals surface area contributed by atoms with Crippen molar-refractivity contribution in [1.82, 2.24) is 0 Å². The second-order valence-corrected chi connectivity index (χ2v) is 4.07. The average molecular weight is 311 g/mol. The van der Waals surface area contributed by atoms with Gasteiger partial charge in [-0.05, 0) is 12.1 Å². The summed E-state index contributed by atoms with van der Waals surface area (Å²) in [6.07, 6.45) is 0. The van der Waals surface area contributed by atoms with Gasteiger partial charge < -0.3 is 14.2 Å². The molecule has 96 valence electrons. The van der Waals surface area contributed by atoms with Crippen LogP contribution in [-0.4, -0.2) is 33.5 Å². The van der Waals surface area contributed by atoms with E-state index in [1.807, 2.05) is 0 Å². The van der Waals surface area contributed by atoms with Crippen molar-refractivity contribution in [3.8, 4) is 5.75 Å². The Bertz CT molecular complexity index is 361. The van der Waals surface area contributed by atoms with E-state index in [1.54, 1.807) is 7.11 Å². The molecule has 1 rings (SSSR count). The van der Waals surface area contributed by atoms with Crippen LogP contribution in [0.4, 0.5) is 8.78 Å². The molecule has 0 atom stereocenters. The van der Waals surface area contributed by atoms with Gasteiger partial charge in [0.1, 0.15) is 6.61 Å². The maximum atomic E-state index is 13.2.